The van der Waals surface area contributed by atoms with Gasteiger partial charge in [0, 0.05) is 24.6 Å². The Kier molecular flexibility index (Phi) is 4.62. The van der Waals surface area contributed by atoms with Crippen molar-refractivity contribution >= 4 is 23.1 Å². The third-order valence-corrected chi connectivity index (χ3v) is 3.65. The first-order valence-corrected chi connectivity index (χ1v) is 6.83. The number of aromatic nitrogens is 2. The molecule has 2 rings (SSSR count). The van der Waals surface area contributed by atoms with Gasteiger partial charge in [0.15, 0.2) is 0 Å². The normalized spacial score (nSPS) is 12.1. The lowest BCUT2D eigenvalue weighted by molar-refractivity contribution is -0.137. The highest BCUT2D eigenvalue weighted by Crippen LogP contribution is 2.29. The molecule has 0 saturated heterocycles. The van der Waals surface area contributed by atoms with E-state index in [-0.39, 0.29) is 0 Å². The van der Waals surface area contributed by atoms with Gasteiger partial charge in [0.25, 0.3) is 0 Å². The van der Waals surface area contributed by atoms with Crippen LogP contribution in [-0.2, 0) is 19.3 Å². The van der Waals surface area contributed by atoms with Crippen molar-refractivity contribution in [3.63, 3.8) is 0 Å². The Bertz CT molecular complexity index is 568. The number of halogens is 4. The standard InChI is InChI=1S/C12H11ClF3N3S/c1-19(7-10-11(13)20-18-17-10)6-8-2-4-9(5-3-8)12(14,15)16/h2-5H,6-7H2,1H3. The largest absolute Gasteiger partial charge is 0.416 e. The Hall–Kier alpha value is -1.18. The summed E-state index contributed by atoms with van der Waals surface area (Å²) < 4.78 is 41.6. The van der Waals surface area contributed by atoms with Gasteiger partial charge in [0.1, 0.15) is 10.0 Å². The summed E-state index contributed by atoms with van der Waals surface area (Å²) in [6.45, 7) is 1.00. The molecule has 1 aromatic carbocycles. The van der Waals surface area contributed by atoms with Crippen molar-refractivity contribution in [2.45, 2.75) is 19.3 Å². The lowest BCUT2D eigenvalue weighted by Gasteiger charge is -2.16. The number of hydrogen-bond acceptors (Lipinski definition) is 4. The Morgan fingerprint density at radius 3 is 2.35 bits per heavy atom. The first-order valence-electron chi connectivity index (χ1n) is 5.67. The fourth-order valence-electron chi connectivity index (χ4n) is 1.71. The molecule has 2 aromatic rings. The third-order valence-electron chi connectivity index (χ3n) is 2.66. The van der Waals surface area contributed by atoms with Crippen LogP contribution in [0, 0.1) is 0 Å². The minimum Gasteiger partial charge on any atom is -0.296 e. The molecule has 0 bridgehead atoms. The molecule has 1 heterocycles. The fourth-order valence-corrected chi connectivity index (χ4v) is 2.33. The smallest absolute Gasteiger partial charge is 0.296 e. The van der Waals surface area contributed by atoms with Crippen LogP contribution in [0.15, 0.2) is 24.3 Å². The number of alkyl halides is 3. The second-order valence-corrected chi connectivity index (χ2v) is 5.72. The molecule has 0 atom stereocenters. The van der Waals surface area contributed by atoms with Crippen molar-refractivity contribution in [2.75, 3.05) is 7.05 Å². The molecule has 3 nitrogen and oxygen atoms in total. The summed E-state index contributed by atoms with van der Waals surface area (Å²) in [5.74, 6) is 0. The van der Waals surface area contributed by atoms with Gasteiger partial charge in [-0.25, -0.2) is 0 Å². The number of benzene rings is 1. The van der Waals surface area contributed by atoms with E-state index < -0.39 is 11.7 Å². The zero-order valence-corrected chi connectivity index (χ0v) is 12.1. The molecule has 1 aromatic heterocycles. The molecule has 0 aliphatic rings. The van der Waals surface area contributed by atoms with Crippen LogP contribution in [0.4, 0.5) is 13.2 Å². The molecule has 0 unspecified atom stereocenters. The van der Waals surface area contributed by atoms with E-state index in [4.69, 9.17) is 11.6 Å². The van der Waals surface area contributed by atoms with E-state index in [9.17, 15) is 13.2 Å². The summed E-state index contributed by atoms with van der Waals surface area (Å²) in [5.41, 5.74) is 0.821. The second kappa shape index (κ2) is 6.07. The number of hydrogen-bond donors (Lipinski definition) is 0. The van der Waals surface area contributed by atoms with Gasteiger partial charge in [-0.05, 0) is 24.7 Å². The minimum absolute atomic E-state index is 0.496. The maximum Gasteiger partial charge on any atom is 0.416 e. The predicted molar refractivity (Wildman–Crippen MR) is 71.5 cm³/mol. The summed E-state index contributed by atoms with van der Waals surface area (Å²) in [7, 11) is 1.84. The molecule has 8 heteroatoms. The number of rotatable bonds is 4. The van der Waals surface area contributed by atoms with Crippen molar-refractivity contribution in [2.24, 2.45) is 0 Å². The van der Waals surface area contributed by atoms with Gasteiger partial charge in [-0.3, -0.25) is 4.90 Å². The van der Waals surface area contributed by atoms with Crippen molar-refractivity contribution in [1.29, 1.82) is 0 Å². The summed E-state index contributed by atoms with van der Waals surface area (Å²) in [5, 5.41) is 3.89. The Balaban J connectivity index is 1.98. The van der Waals surface area contributed by atoms with E-state index >= 15 is 0 Å². The van der Waals surface area contributed by atoms with Gasteiger partial charge < -0.3 is 0 Å². The van der Waals surface area contributed by atoms with Crippen LogP contribution in [0.25, 0.3) is 0 Å². The average Bonchev–Trinajstić information content (AvgIpc) is 2.74. The van der Waals surface area contributed by atoms with Gasteiger partial charge in [0.2, 0.25) is 0 Å². The van der Waals surface area contributed by atoms with Crippen molar-refractivity contribution in [1.82, 2.24) is 14.5 Å². The first kappa shape index (κ1) is 15.2. The Morgan fingerprint density at radius 1 is 1.20 bits per heavy atom. The average molecular weight is 322 g/mol. The molecular formula is C12H11ClF3N3S. The van der Waals surface area contributed by atoms with Crippen LogP contribution < -0.4 is 0 Å². The molecular weight excluding hydrogens is 311 g/mol. The van der Waals surface area contributed by atoms with Crippen molar-refractivity contribution in [3.8, 4) is 0 Å². The van der Waals surface area contributed by atoms with Crippen LogP contribution >= 0.6 is 23.1 Å². The Labute approximate surface area is 123 Å². The molecule has 20 heavy (non-hydrogen) atoms. The third kappa shape index (κ3) is 3.91. The topological polar surface area (TPSA) is 29.0 Å². The number of nitrogens with zero attached hydrogens (tertiary/aromatic N) is 3. The molecule has 0 amide bonds. The molecule has 0 aliphatic carbocycles. The maximum atomic E-state index is 12.4. The highest BCUT2D eigenvalue weighted by molar-refractivity contribution is 7.10. The van der Waals surface area contributed by atoms with E-state index in [1.807, 2.05) is 11.9 Å². The van der Waals surface area contributed by atoms with Gasteiger partial charge in [-0.1, -0.05) is 28.2 Å². The monoisotopic (exact) mass is 321 g/mol. The highest BCUT2D eigenvalue weighted by Gasteiger charge is 2.29. The summed E-state index contributed by atoms with van der Waals surface area (Å²) in [4.78, 5) is 1.91. The zero-order valence-electron chi connectivity index (χ0n) is 10.5. The molecule has 0 radical (unpaired) electrons. The fraction of sp³-hybridized carbons (Fsp3) is 0.333. The van der Waals surface area contributed by atoms with Gasteiger partial charge >= 0.3 is 6.18 Å². The van der Waals surface area contributed by atoms with Crippen LogP contribution in [0.2, 0.25) is 4.34 Å². The van der Waals surface area contributed by atoms with Gasteiger partial charge in [-0.2, -0.15) is 13.2 Å². The molecule has 0 saturated carbocycles. The molecule has 0 aliphatic heterocycles. The minimum atomic E-state index is -4.30. The van der Waals surface area contributed by atoms with E-state index in [2.05, 4.69) is 9.59 Å². The summed E-state index contributed by atoms with van der Waals surface area (Å²) in [6.07, 6.45) is -4.30. The van der Waals surface area contributed by atoms with Crippen LogP contribution in [0.5, 0.6) is 0 Å². The van der Waals surface area contributed by atoms with Crippen molar-refractivity contribution < 1.29 is 13.2 Å². The molecule has 108 valence electrons. The van der Waals surface area contributed by atoms with Crippen LogP contribution in [0.3, 0.4) is 0 Å². The summed E-state index contributed by atoms with van der Waals surface area (Å²) in [6, 6.07) is 5.11. The lowest BCUT2D eigenvalue weighted by atomic mass is 10.1. The van der Waals surface area contributed by atoms with Gasteiger partial charge in [0.05, 0.1) is 5.56 Å². The Morgan fingerprint density at radius 2 is 1.85 bits per heavy atom. The van der Waals surface area contributed by atoms with E-state index in [0.29, 0.717) is 23.1 Å². The van der Waals surface area contributed by atoms with Crippen molar-refractivity contribution in [3.05, 3.63) is 45.4 Å². The van der Waals surface area contributed by atoms with Gasteiger partial charge in [-0.15, -0.1) is 5.10 Å². The molecule has 0 fully saturated rings. The zero-order chi connectivity index (χ0) is 14.8. The molecule has 0 N–H and O–H groups in total. The van der Waals surface area contributed by atoms with Crippen LogP contribution in [0.1, 0.15) is 16.8 Å². The quantitative estimate of drug-likeness (QED) is 0.856. The SMILES string of the molecule is CN(Cc1ccc(C(F)(F)F)cc1)Cc1nnsc1Cl. The second-order valence-electron chi connectivity index (χ2n) is 4.36. The maximum absolute atomic E-state index is 12.4. The van der Waals surface area contributed by atoms with E-state index in [1.54, 1.807) is 0 Å². The lowest BCUT2D eigenvalue weighted by Crippen LogP contribution is -2.17. The predicted octanol–water partition coefficient (Wildman–Crippen LogP) is 3.84. The van der Waals surface area contributed by atoms with Crippen LogP contribution in [-0.4, -0.2) is 21.5 Å². The van der Waals surface area contributed by atoms with E-state index in [0.717, 1.165) is 29.2 Å². The highest BCUT2D eigenvalue weighted by atomic mass is 35.5. The first-order chi connectivity index (χ1) is 9.36. The molecule has 0 spiro atoms. The van der Waals surface area contributed by atoms with E-state index in [1.165, 1.54) is 12.1 Å². The summed E-state index contributed by atoms with van der Waals surface area (Å²) >= 11 is 7.01.